The summed E-state index contributed by atoms with van der Waals surface area (Å²) in [6.07, 6.45) is 6.98. The minimum absolute atomic E-state index is 0. The summed E-state index contributed by atoms with van der Waals surface area (Å²) < 4.78 is 5.89. The smallest absolute Gasteiger partial charge is 0.213 e. The van der Waals surface area contributed by atoms with Crippen molar-refractivity contribution in [2.75, 3.05) is 14.1 Å². The molecule has 0 bridgehead atoms. The molecule has 20 heavy (non-hydrogen) atoms. The summed E-state index contributed by atoms with van der Waals surface area (Å²) >= 11 is 0. The molecule has 5 nitrogen and oxygen atoms in total. The molecule has 2 rings (SSSR count). The van der Waals surface area contributed by atoms with Crippen molar-refractivity contribution in [1.82, 2.24) is 15.6 Å². The lowest BCUT2D eigenvalue weighted by Crippen LogP contribution is -2.34. The zero-order valence-corrected chi connectivity index (χ0v) is 14.4. The second-order valence-corrected chi connectivity index (χ2v) is 4.70. The Morgan fingerprint density at radius 3 is 2.85 bits per heavy atom. The number of aromatic nitrogens is 1. The van der Waals surface area contributed by atoms with Gasteiger partial charge in [0.15, 0.2) is 5.96 Å². The van der Waals surface area contributed by atoms with E-state index in [-0.39, 0.29) is 24.0 Å². The van der Waals surface area contributed by atoms with Crippen LogP contribution in [0.2, 0.25) is 0 Å². The standard InChI is InChI=1S/C14H22N4O.HI/c1-15-14(16-2)18-10-11-7-8-17-13(9-11)19-12-5-3-4-6-12;/h7-9,12H,3-6,10H2,1-2H3,(H2,15,16,18);1H. The number of aliphatic imine (C=N–C) groups is 1. The van der Waals surface area contributed by atoms with Gasteiger partial charge in [-0.25, -0.2) is 4.98 Å². The Hall–Kier alpha value is -1.05. The van der Waals surface area contributed by atoms with E-state index in [4.69, 9.17) is 4.74 Å². The van der Waals surface area contributed by atoms with Crippen molar-refractivity contribution in [2.45, 2.75) is 38.3 Å². The molecule has 0 aromatic carbocycles. The topological polar surface area (TPSA) is 58.5 Å². The molecule has 1 fully saturated rings. The van der Waals surface area contributed by atoms with Crippen LogP contribution in [0.4, 0.5) is 0 Å². The Morgan fingerprint density at radius 2 is 2.20 bits per heavy atom. The first-order chi connectivity index (χ1) is 9.31. The van der Waals surface area contributed by atoms with Crippen LogP contribution in [0.1, 0.15) is 31.2 Å². The highest BCUT2D eigenvalue weighted by Gasteiger charge is 2.16. The normalized spacial score (nSPS) is 15.6. The van der Waals surface area contributed by atoms with E-state index in [0.717, 1.165) is 30.2 Å². The molecule has 0 spiro atoms. The molecule has 0 unspecified atom stereocenters. The van der Waals surface area contributed by atoms with E-state index in [9.17, 15) is 0 Å². The summed E-state index contributed by atoms with van der Waals surface area (Å²) in [6.45, 7) is 0.705. The lowest BCUT2D eigenvalue weighted by atomic mass is 10.2. The number of hydrogen-bond donors (Lipinski definition) is 2. The minimum Gasteiger partial charge on any atom is -0.474 e. The van der Waals surface area contributed by atoms with E-state index in [1.54, 1.807) is 13.2 Å². The van der Waals surface area contributed by atoms with Crippen LogP contribution in [-0.2, 0) is 6.54 Å². The molecule has 0 amide bonds. The van der Waals surface area contributed by atoms with Gasteiger partial charge in [0.1, 0.15) is 6.10 Å². The maximum absolute atomic E-state index is 5.89. The van der Waals surface area contributed by atoms with E-state index in [2.05, 4.69) is 20.6 Å². The lowest BCUT2D eigenvalue weighted by Gasteiger charge is -2.13. The van der Waals surface area contributed by atoms with Gasteiger partial charge in [0.05, 0.1) is 0 Å². The number of nitrogens with one attached hydrogen (secondary N) is 2. The second kappa shape index (κ2) is 8.99. The fraction of sp³-hybridized carbons (Fsp3) is 0.571. The Labute approximate surface area is 137 Å². The van der Waals surface area contributed by atoms with Crippen LogP contribution in [0, 0.1) is 0 Å². The van der Waals surface area contributed by atoms with Crippen molar-refractivity contribution >= 4 is 29.9 Å². The molecule has 112 valence electrons. The molecule has 1 aliphatic carbocycles. The Kier molecular flexibility index (Phi) is 7.64. The molecule has 1 aromatic heterocycles. The average Bonchev–Trinajstić information content (AvgIpc) is 2.93. The molecule has 1 heterocycles. The molecule has 1 aromatic rings. The van der Waals surface area contributed by atoms with E-state index in [1.165, 1.54) is 12.8 Å². The van der Waals surface area contributed by atoms with Crippen LogP contribution in [0.15, 0.2) is 23.3 Å². The van der Waals surface area contributed by atoms with Gasteiger partial charge in [0, 0.05) is 32.9 Å². The molecule has 1 saturated carbocycles. The van der Waals surface area contributed by atoms with Crippen LogP contribution in [0.5, 0.6) is 5.88 Å². The van der Waals surface area contributed by atoms with Gasteiger partial charge in [-0.3, -0.25) is 4.99 Å². The highest BCUT2D eigenvalue weighted by Crippen LogP contribution is 2.23. The maximum Gasteiger partial charge on any atom is 0.213 e. The predicted molar refractivity (Wildman–Crippen MR) is 91.8 cm³/mol. The first-order valence-corrected chi connectivity index (χ1v) is 6.82. The fourth-order valence-corrected chi connectivity index (χ4v) is 2.27. The molecule has 0 radical (unpaired) electrons. The lowest BCUT2D eigenvalue weighted by molar-refractivity contribution is 0.201. The monoisotopic (exact) mass is 390 g/mol. The molecular weight excluding hydrogens is 367 g/mol. The number of pyridine rings is 1. The Morgan fingerprint density at radius 1 is 1.45 bits per heavy atom. The third kappa shape index (κ3) is 5.15. The van der Waals surface area contributed by atoms with Crippen LogP contribution in [0.25, 0.3) is 0 Å². The minimum atomic E-state index is 0. The molecule has 2 N–H and O–H groups in total. The molecule has 0 aliphatic heterocycles. The number of rotatable bonds is 4. The van der Waals surface area contributed by atoms with E-state index < -0.39 is 0 Å². The van der Waals surface area contributed by atoms with E-state index >= 15 is 0 Å². The molecule has 0 saturated heterocycles. The van der Waals surface area contributed by atoms with Crippen molar-refractivity contribution in [2.24, 2.45) is 4.99 Å². The van der Waals surface area contributed by atoms with Gasteiger partial charge in [-0.05, 0) is 37.3 Å². The number of guanidine groups is 1. The molecular formula is C14H23IN4O. The van der Waals surface area contributed by atoms with Crippen LogP contribution >= 0.6 is 24.0 Å². The molecule has 0 atom stereocenters. The van der Waals surface area contributed by atoms with Crippen LogP contribution < -0.4 is 15.4 Å². The average molecular weight is 390 g/mol. The third-order valence-electron chi connectivity index (χ3n) is 3.31. The summed E-state index contributed by atoms with van der Waals surface area (Å²) in [7, 11) is 3.59. The summed E-state index contributed by atoms with van der Waals surface area (Å²) in [6, 6.07) is 3.98. The first kappa shape index (κ1) is 17.0. The van der Waals surface area contributed by atoms with Gasteiger partial charge in [-0.1, -0.05) is 0 Å². The van der Waals surface area contributed by atoms with Crippen molar-refractivity contribution in [3.05, 3.63) is 23.9 Å². The van der Waals surface area contributed by atoms with Crippen molar-refractivity contribution in [3.8, 4) is 5.88 Å². The van der Waals surface area contributed by atoms with Gasteiger partial charge in [-0.15, -0.1) is 24.0 Å². The van der Waals surface area contributed by atoms with E-state index in [1.807, 2.05) is 19.2 Å². The highest BCUT2D eigenvalue weighted by atomic mass is 127. The zero-order chi connectivity index (χ0) is 13.5. The quantitative estimate of drug-likeness (QED) is 0.471. The third-order valence-corrected chi connectivity index (χ3v) is 3.31. The molecule has 6 heteroatoms. The summed E-state index contributed by atoms with van der Waals surface area (Å²) in [5.41, 5.74) is 1.14. The van der Waals surface area contributed by atoms with Crippen molar-refractivity contribution in [3.63, 3.8) is 0 Å². The fourth-order valence-electron chi connectivity index (χ4n) is 2.27. The number of halogens is 1. The van der Waals surface area contributed by atoms with Crippen molar-refractivity contribution in [1.29, 1.82) is 0 Å². The van der Waals surface area contributed by atoms with Crippen LogP contribution in [-0.4, -0.2) is 31.1 Å². The SMILES string of the molecule is CN=C(NC)NCc1ccnc(OC2CCCC2)c1.I. The Balaban J connectivity index is 0.00000200. The van der Waals surface area contributed by atoms with Gasteiger partial charge in [0.2, 0.25) is 5.88 Å². The number of ether oxygens (including phenoxy) is 1. The van der Waals surface area contributed by atoms with Gasteiger partial charge < -0.3 is 15.4 Å². The van der Waals surface area contributed by atoms with Crippen molar-refractivity contribution < 1.29 is 4.74 Å². The maximum atomic E-state index is 5.89. The number of hydrogen-bond acceptors (Lipinski definition) is 3. The first-order valence-electron chi connectivity index (χ1n) is 6.82. The van der Waals surface area contributed by atoms with E-state index in [0.29, 0.717) is 12.6 Å². The summed E-state index contributed by atoms with van der Waals surface area (Å²) in [5, 5.41) is 6.20. The van der Waals surface area contributed by atoms with Gasteiger partial charge >= 0.3 is 0 Å². The van der Waals surface area contributed by atoms with Gasteiger partial charge in [0.25, 0.3) is 0 Å². The summed E-state index contributed by atoms with van der Waals surface area (Å²) in [5.74, 6) is 1.50. The molecule has 1 aliphatic rings. The zero-order valence-electron chi connectivity index (χ0n) is 12.1. The highest BCUT2D eigenvalue weighted by molar-refractivity contribution is 14.0. The predicted octanol–water partition coefficient (Wildman–Crippen LogP) is 2.32. The second-order valence-electron chi connectivity index (χ2n) is 4.70. The number of nitrogens with zero attached hydrogens (tertiary/aromatic N) is 2. The van der Waals surface area contributed by atoms with Crippen LogP contribution in [0.3, 0.4) is 0 Å². The Bertz CT molecular complexity index is 433. The van der Waals surface area contributed by atoms with Gasteiger partial charge in [-0.2, -0.15) is 0 Å². The largest absolute Gasteiger partial charge is 0.474 e. The summed E-state index contributed by atoms with van der Waals surface area (Å²) in [4.78, 5) is 8.35.